The Morgan fingerprint density at radius 1 is 1.32 bits per heavy atom. The highest BCUT2D eigenvalue weighted by molar-refractivity contribution is 5.56. The van der Waals surface area contributed by atoms with E-state index in [1.165, 1.54) is 0 Å². The van der Waals surface area contributed by atoms with Crippen LogP contribution in [-0.2, 0) is 4.74 Å². The average molecular weight is 265 g/mol. The molecule has 1 unspecified atom stereocenters. The monoisotopic (exact) mass is 265 g/mol. The topological polar surface area (TPSA) is 62.3 Å². The Bertz CT molecular complexity index is 406. The van der Waals surface area contributed by atoms with E-state index in [0.717, 1.165) is 50.0 Å². The van der Waals surface area contributed by atoms with Gasteiger partial charge in [-0.2, -0.15) is 0 Å². The van der Waals surface area contributed by atoms with Crippen molar-refractivity contribution in [1.29, 1.82) is 0 Å². The molecule has 2 rings (SSSR count). The highest BCUT2D eigenvalue weighted by Gasteiger charge is 2.15. The van der Waals surface area contributed by atoms with Crippen molar-refractivity contribution in [3.05, 3.63) is 11.9 Å². The van der Waals surface area contributed by atoms with Crippen LogP contribution in [0.3, 0.4) is 0 Å². The van der Waals surface area contributed by atoms with Crippen LogP contribution < -0.4 is 10.6 Å². The first-order valence-electron chi connectivity index (χ1n) is 6.76. The lowest BCUT2D eigenvalue weighted by atomic mass is 10.2. The summed E-state index contributed by atoms with van der Waals surface area (Å²) in [6.07, 6.45) is 1.59. The summed E-state index contributed by atoms with van der Waals surface area (Å²) in [6.45, 7) is 8.90. The Hall–Kier alpha value is -1.40. The third-order valence-electron chi connectivity index (χ3n) is 3.34. The summed E-state index contributed by atoms with van der Waals surface area (Å²) in [6, 6.07) is 0.344. The lowest BCUT2D eigenvalue weighted by Gasteiger charge is -2.29. The summed E-state index contributed by atoms with van der Waals surface area (Å²) in [5.74, 6) is 1.77. The van der Waals surface area contributed by atoms with Crippen molar-refractivity contribution >= 4 is 11.6 Å². The van der Waals surface area contributed by atoms with Crippen molar-refractivity contribution in [1.82, 2.24) is 14.9 Å². The van der Waals surface area contributed by atoms with Crippen LogP contribution >= 0.6 is 0 Å². The standard InChI is InChI=1S/C13H23N5O/c1-10(8-18-4-6-19-7-5-18)17-13-11(2)12(14-3)15-9-16-13/h9-10H,4-8H2,1-3H3,(H2,14,15,16,17). The average Bonchev–Trinajstić information content (AvgIpc) is 2.42. The molecule has 0 amide bonds. The van der Waals surface area contributed by atoms with Crippen molar-refractivity contribution in [2.45, 2.75) is 19.9 Å². The Morgan fingerprint density at radius 3 is 2.68 bits per heavy atom. The SMILES string of the molecule is CNc1ncnc(NC(C)CN2CCOCC2)c1C. The molecule has 1 aromatic rings. The third kappa shape index (κ3) is 3.78. The highest BCUT2D eigenvalue weighted by Crippen LogP contribution is 2.18. The summed E-state index contributed by atoms with van der Waals surface area (Å²) in [5.41, 5.74) is 1.05. The van der Waals surface area contributed by atoms with Crippen molar-refractivity contribution < 1.29 is 4.74 Å². The molecule has 0 bridgehead atoms. The summed E-state index contributed by atoms with van der Waals surface area (Å²) in [5, 5.41) is 6.53. The van der Waals surface area contributed by atoms with Gasteiger partial charge in [0, 0.05) is 38.3 Å². The minimum Gasteiger partial charge on any atom is -0.379 e. The summed E-state index contributed by atoms with van der Waals surface area (Å²) in [7, 11) is 1.87. The first kappa shape index (κ1) is 14.0. The Balaban J connectivity index is 1.92. The fourth-order valence-electron chi connectivity index (χ4n) is 2.30. The van der Waals surface area contributed by atoms with Gasteiger partial charge in [0.15, 0.2) is 0 Å². The molecule has 0 aromatic carbocycles. The maximum Gasteiger partial charge on any atom is 0.134 e. The van der Waals surface area contributed by atoms with Crippen molar-refractivity contribution in [3.63, 3.8) is 0 Å². The van der Waals surface area contributed by atoms with E-state index >= 15 is 0 Å². The maximum atomic E-state index is 5.36. The van der Waals surface area contributed by atoms with E-state index in [0.29, 0.717) is 6.04 Å². The molecule has 1 aliphatic rings. The molecule has 1 atom stereocenters. The van der Waals surface area contributed by atoms with Crippen LogP contribution in [0.15, 0.2) is 6.33 Å². The van der Waals surface area contributed by atoms with Gasteiger partial charge in [-0.05, 0) is 13.8 Å². The third-order valence-corrected chi connectivity index (χ3v) is 3.34. The number of nitrogens with one attached hydrogen (secondary N) is 2. The van der Waals surface area contributed by atoms with Gasteiger partial charge < -0.3 is 15.4 Å². The van der Waals surface area contributed by atoms with Gasteiger partial charge in [-0.25, -0.2) is 9.97 Å². The number of morpholine rings is 1. The predicted molar refractivity (Wildman–Crippen MR) is 76.7 cm³/mol. The molecule has 2 N–H and O–H groups in total. The second kappa shape index (κ2) is 6.68. The van der Waals surface area contributed by atoms with Gasteiger partial charge in [0.2, 0.25) is 0 Å². The number of aromatic nitrogens is 2. The van der Waals surface area contributed by atoms with Gasteiger partial charge in [0.25, 0.3) is 0 Å². The Kier molecular flexibility index (Phi) is 4.93. The molecule has 0 aliphatic carbocycles. The molecule has 6 heteroatoms. The largest absolute Gasteiger partial charge is 0.379 e. The van der Waals surface area contributed by atoms with Gasteiger partial charge in [-0.3, -0.25) is 4.90 Å². The van der Waals surface area contributed by atoms with Gasteiger partial charge in [0.1, 0.15) is 18.0 Å². The van der Waals surface area contributed by atoms with Crippen LogP contribution in [0.25, 0.3) is 0 Å². The van der Waals surface area contributed by atoms with Crippen LogP contribution in [0.4, 0.5) is 11.6 Å². The second-order valence-corrected chi connectivity index (χ2v) is 4.90. The van der Waals surface area contributed by atoms with Crippen LogP contribution in [-0.4, -0.2) is 60.8 Å². The number of rotatable bonds is 5. The van der Waals surface area contributed by atoms with Crippen LogP contribution in [0.1, 0.15) is 12.5 Å². The lowest BCUT2D eigenvalue weighted by molar-refractivity contribution is 0.0368. The van der Waals surface area contributed by atoms with E-state index in [4.69, 9.17) is 4.74 Å². The van der Waals surface area contributed by atoms with E-state index in [9.17, 15) is 0 Å². The number of hydrogen-bond acceptors (Lipinski definition) is 6. The molecule has 0 spiro atoms. The lowest BCUT2D eigenvalue weighted by Crippen LogP contribution is -2.42. The molecule has 1 aromatic heterocycles. The predicted octanol–water partition coefficient (Wildman–Crippen LogP) is 0.959. The first-order chi connectivity index (χ1) is 9.20. The van der Waals surface area contributed by atoms with Crippen LogP contribution in [0, 0.1) is 6.92 Å². The van der Waals surface area contributed by atoms with Crippen molar-refractivity contribution in [3.8, 4) is 0 Å². The number of nitrogens with zero attached hydrogens (tertiary/aromatic N) is 3. The minimum absolute atomic E-state index is 0.344. The second-order valence-electron chi connectivity index (χ2n) is 4.90. The number of hydrogen-bond donors (Lipinski definition) is 2. The maximum absolute atomic E-state index is 5.36. The highest BCUT2D eigenvalue weighted by atomic mass is 16.5. The van der Waals surface area contributed by atoms with Crippen molar-refractivity contribution in [2.75, 3.05) is 50.5 Å². The zero-order valence-corrected chi connectivity index (χ0v) is 11.9. The molecule has 0 radical (unpaired) electrons. The molecule has 1 aliphatic heterocycles. The number of ether oxygens (including phenoxy) is 1. The van der Waals surface area contributed by atoms with E-state index in [-0.39, 0.29) is 0 Å². The summed E-state index contributed by atoms with van der Waals surface area (Å²) in [4.78, 5) is 10.9. The van der Waals surface area contributed by atoms with Gasteiger partial charge in [-0.1, -0.05) is 0 Å². The van der Waals surface area contributed by atoms with Crippen LogP contribution in [0.5, 0.6) is 0 Å². The van der Waals surface area contributed by atoms with Crippen molar-refractivity contribution in [2.24, 2.45) is 0 Å². The summed E-state index contributed by atoms with van der Waals surface area (Å²) < 4.78 is 5.36. The zero-order valence-electron chi connectivity index (χ0n) is 11.9. The molecule has 6 nitrogen and oxygen atoms in total. The Labute approximate surface area is 114 Å². The summed E-state index contributed by atoms with van der Waals surface area (Å²) >= 11 is 0. The molecule has 1 saturated heterocycles. The molecule has 1 fully saturated rings. The van der Waals surface area contributed by atoms with E-state index < -0.39 is 0 Å². The van der Waals surface area contributed by atoms with Crippen LogP contribution in [0.2, 0.25) is 0 Å². The first-order valence-corrected chi connectivity index (χ1v) is 6.76. The molecular formula is C13H23N5O. The molecule has 0 saturated carbocycles. The van der Waals surface area contributed by atoms with Gasteiger partial charge in [0.05, 0.1) is 13.2 Å². The minimum atomic E-state index is 0.344. The van der Waals surface area contributed by atoms with Gasteiger partial charge >= 0.3 is 0 Å². The van der Waals surface area contributed by atoms with E-state index in [2.05, 4.69) is 32.4 Å². The molecular weight excluding hydrogens is 242 g/mol. The quantitative estimate of drug-likeness (QED) is 0.827. The zero-order chi connectivity index (χ0) is 13.7. The Morgan fingerprint density at radius 2 is 2.00 bits per heavy atom. The smallest absolute Gasteiger partial charge is 0.134 e. The van der Waals surface area contributed by atoms with Gasteiger partial charge in [-0.15, -0.1) is 0 Å². The van der Waals surface area contributed by atoms with E-state index in [1.54, 1.807) is 6.33 Å². The molecule has 106 valence electrons. The molecule has 19 heavy (non-hydrogen) atoms. The molecule has 2 heterocycles. The number of anilines is 2. The normalized spacial score (nSPS) is 18.1. The fraction of sp³-hybridized carbons (Fsp3) is 0.692. The van der Waals surface area contributed by atoms with E-state index in [1.807, 2.05) is 14.0 Å². The fourth-order valence-corrected chi connectivity index (χ4v) is 2.30.